The molecule has 1 aromatic carbocycles. The van der Waals surface area contributed by atoms with Crippen LogP contribution in [0.2, 0.25) is 0 Å². The standard InChI is InChI=1S/C13H12BrN3O2/c14-11-12(16-7-17-13(11)18)15-6-9-5-8-3-1-2-4-10(8)19-9/h1-4,7,9H,5-6H2,(H2,15,16,17,18). The van der Waals surface area contributed by atoms with Crippen molar-refractivity contribution in [2.24, 2.45) is 0 Å². The van der Waals surface area contributed by atoms with E-state index in [1.165, 1.54) is 11.9 Å². The zero-order chi connectivity index (χ0) is 13.2. The van der Waals surface area contributed by atoms with Gasteiger partial charge in [-0.25, -0.2) is 4.98 Å². The first-order valence-corrected chi connectivity index (χ1v) is 6.75. The Morgan fingerprint density at radius 3 is 3.16 bits per heavy atom. The minimum Gasteiger partial charge on any atom is -0.488 e. The van der Waals surface area contributed by atoms with Crippen molar-refractivity contribution in [1.29, 1.82) is 0 Å². The van der Waals surface area contributed by atoms with Gasteiger partial charge >= 0.3 is 0 Å². The van der Waals surface area contributed by atoms with Gasteiger partial charge in [0.15, 0.2) is 0 Å². The number of hydrogen-bond donors (Lipinski definition) is 2. The summed E-state index contributed by atoms with van der Waals surface area (Å²) in [4.78, 5) is 18.0. The minimum absolute atomic E-state index is 0.0605. The number of aromatic amines is 1. The molecule has 0 radical (unpaired) electrons. The van der Waals surface area contributed by atoms with Gasteiger partial charge in [0.05, 0.1) is 12.9 Å². The molecule has 1 aromatic heterocycles. The number of anilines is 1. The summed E-state index contributed by atoms with van der Waals surface area (Å²) in [7, 11) is 0. The summed E-state index contributed by atoms with van der Waals surface area (Å²) in [6.07, 6.45) is 2.30. The summed E-state index contributed by atoms with van der Waals surface area (Å²) in [5.41, 5.74) is 1.01. The first-order chi connectivity index (χ1) is 9.24. The van der Waals surface area contributed by atoms with Crippen LogP contribution in [-0.4, -0.2) is 22.6 Å². The van der Waals surface area contributed by atoms with E-state index >= 15 is 0 Å². The van der Waals surface area contributed by atoms with E-state index in [1.54, 1.807) is 0 Å². The van der Waals surface area contributed by atoms with Gasteiger partial charge in [-0.2, -0.15) is 0 Å². The second-order valence-electron chi connectivity index (χ2n) is 4.33. The highest BCUT2D eigenvalue weighted by Crippen LogP contribution is 2.28. The Bertz CT molecular complexity index is 631. The largest absolute Gasteiger partial charge is 0.488 e. The maximum Gasteiger partial charge on any atom is 0.267 e. The van der Waals surface area contributed by atoms with Crippen LogP contribution in [-0.2, 0) is 6.42 Å². The van der Waals surface area contributed by atoms with Crippen molar-refractivity contribution in [1.82, 2.24) is 9.97 Å². The number of para-hydroxylation sites is 1. The fourth-order valence-corrected chi connectivity index (χ4v) is 2.44. The van der Waals surface area contributed by atoms with Crippen LogP contribution in [0.5, 0.6) is 5.75 Å². The zero-order valence-corrected chi connectivity index (χ0v) is 11.6. The van der Waals surface area contributed by atoms with Gasteiger partial charge in [0, 0.05) is 6.42 Å². The van der Waals surface area contributed by atoms with Gasteiger partial charge in [-0.1, -0.05) is 18.2 Å². The molecule has 0 spiro atoms. The van der Waals surface area contributed by atoms with Crippen LogP contribution < -0.4 is 15.6 Å². The maximum atomic E-state index is 11.4. The summed E-state index contributed by atoms with van der Waals surface area (Å²) in [6.45, 7) is 0.601. The fraction of sp³-hybridized carbons (Fsp3) is 0.231. The number of fused-ring (bicyclic) bond motifs is 1. The molecule has 2 N–H and O–H groups in total. The summed E-state index contributed by atoms with van der Waals surface area (Å²) >= 11 is 3.21. The summed E-state index contributed by atoms with van der Waals surface area (Å²) in [5, 5.41) is 3.13. The van der Waals surface area contributed by atoms with Crippen molar-refractivity contribution in [3.63, 3.8) is 0 Å². The molecule has 5 nitrogen and oxygen atoms in total. The Morgan fingerprint density at radius 1 is 1.47 bits per heavy atom. The van der Waals surface area contributed by atoms with Gasteiger partial charge in [0.2, 0.25) is 0 Å². The molecule has 98 valence electrons. The second kappa shape index (κ2) is 5.05. The molecule has 0 aliphatic carbocycles. The molecule has 1 atom stereocenters. The normalized spacial score (nSPS) is 16.8. The fourth-order valence-electron chi connectivity index (χ4n) is 2.08. The van der Waals surface area contributed by atoms with Crippen molar-refractivity contribution in [2.45, 2.75) is 12.5 Å². The molecule has 1 aliphatic rings. The first-order valence-electron chi connectivity index (χ1n) is 5.95. The first kappa shape index (κ1) is 12.2. The van der Waals surface area contributed by atoms with E-state index in [4.69, 9.17) is 4.74 Å². The van der Waals surface area contributed by atoms with Crippen LogP contribution in [0.15, 0.2) is 39.9 Å². The highest BCUT2D eigenvalue weighted by atomic mass is 79.9. The summed E-state index contributed by atoms with van der Waals surface area (Å²) < 4.78 is 6.22. The number of nitrogens with one attached hydrogen (secondary N) is 2. The second-order valence-corrected chi connectivity index (χ2v) is 5.12. The SMILES string of the molecule is O=c1[nH]cnc(NCC2Cc3ccccc3O2)c1Br. The number of nitrogens with zero attached hydrogens (tertiary/aromatic N) is 1. The molecule has 3 rings (SSSR count). The Morgan fingerprint density at radius 2 is 2.32 bits per heavy atom. The third-order valence-corrected chi connectivity index (χ3v) is 3.74. The quantitative estimate of drug-likeness (QED) is 0.906. The Kier molecular flexibility index (Phi) is 3.25. The van der Waals surface area contributed by atoms with Gasteiger partial charge in [-0.05, 0) is 27.6 Å². The predicted octanol–water partition coefficient (Wildman–Crippen LogP) is 1.95. The predicted molar refractivity (Wildman–Crippen MR) is 75.6 cm³/mol. The number of benzene rings is 1. The highest BCUT2D eigenvalue weighted by molar-refractivity contribution is 9.10. The molecule has 1 aliphatic heterocycles. The maximum absolute atomic E-state index is 11.4. The molecular weight excluding hydrogens is 310 g/mol. The lowest BCUT2D eigenvalue weighted by Crippen LogP contribution is -2.25. The number of rotatable bonds is 3. The van der Waals surface area contributed by atoms with Gasteiger partial charge in [-0.15, -0.1) is 0 Å². The average molecular weight is 322 g/mol. The summed E-state index contributed by atoms with van der Waals surface area (Å²) in [5.74, 6) is 1.47. The third kappa shape index (κ3) is 2.49. The Labute approximate surface area is 118 Å². The number of H-pyrrole nitrogens is 1. The van der Waals surface area contributed by atoms with Crippen molar-refractivity contribution < 1.29 is 4.74 Å². The van der Waals surface area contributed by atoms with Crippen LogP contribution in [0.4, 0.5) is 5.82 Å². The number of hydrogen-bond acceptors (Lipinski definition) is 4. The molecule has 1 unspecified atom stereocenters. The van der Waals surface area contributed by atoms with E-state index < -0.39 is 0 Å². The lowest BCUT2D eigenvalue weighted by Gasteiger charge is -2.12. The Hall–Kier alpha value is -1.82. The third-order valence-electron chi connectivity index (χ3n) is 3.01. The van der Waals surface area contributed by atoms with Gasteiger partial charge in [0.1, 0.15) is 22.1 Å². The molecule has 0 bridgehead atoms. The van der Waals surface area contributed by atoms with E-state index in [9.17, 15) is 4.79 Å². The highest BCUT2D eigenvalue weighted by Gasteiger charge is 2.22. The molecule has 2 aromatic rings. The van der Waals surface area contributed by atoms with E-state index in [0.717, 1.165) is 12.2 Å². The van der Waals surface area contributed by atoms with Gasteiger partial charge in [0.25, 0.3) is 5.56 Å². The lowest BCUT2D eigenvalue weighted by atomic mass is 10.1. The van der Waals surface area contributed by atoms with Crippen molar-refractivity contribution >= 4 is 21.7 Å². The van der Waals surface area contributed by atoms with Crippen LogP contribution >= 0.6 is 15.9 Å². The molecular formula is C13H12BrN3O2. The minimum atomic E-state index is -0.201. The smallest absolute Gasteiger partial charge is 0.267 e. The van der Waals surface area contributed by atoms with E-state index in [0.29, 0.717) is 16.8 Å². The zero-order valence-electron chi connectivity index (χ0n) is 10.0. The van der Waals surface area contributed by atoms with Gasteiger partial charge < -0.3 is 15.0 Å². The molecule has 0 saturated carbocycles. The molecule has 6 heteroatoms. The molecule has 2 heterocycles. The average Bonchev–Trinajstić information content (AvgIpc) is 2.83. The van der Waals surface area contributed by atoms with Crippen LogP contribution in [0.3, 0.4) is 0 Å². The van der Waals surface area contributed by atoms with E-state index in [2.05, 4.69) is 37.3 Å². The lowest BCUT2D eigenvalue weighted by molar-refractivity contribution is 0.246. The van der Waals surface area contributed by atoms with E-state index in [-0.39, 0.29) is 11.7 Å². The number of aromatic nitrogens is 2. The van der Waals surface area contributed by atoms with Crippen LogP contribution in [0, 0.1) is 0 Å². The van der Waals surface area contributed by atoms with Crippen molar-refractivity contribution in [2.75, 3.05) is 11.9 Å². The molecule has 0 amide bonds. The van der Waals surface area contributed by atoms with Crippen molar-refractivity contribution in [3.05, 3.63) is 51.0 Å². The molecule has 0 fully saturated rings. The monoisotopic (exact) mass is 321 g/mol. The van der Waals surface area contributed by atoms with Crippen molar-refractivity contribution in [3.8, 4) is 5.75 Å². The molecule has 19 heavy (non-hydrogen) atoms. The topological polar surface area (TPSA) is 67.0 Å². The number of halogens is 1. The summed E-state index contributed by atoms with van der Waals surface area (Å²) in [6, 6.07) is 8.00. The van der Waals surface area contributed by atoms with Crippen LogP contribution in [0.25, 0.3) is 0 Å². The van der Waals surface area contributed by atoms with Gasteiger partial charge in [-0.3, -0.25) is 4.79 Å². The Balaban J connectivity index is 1.66. The van der Waals surface area contributed by atoms with Crippen LogP contribution in [0.1, 0.15) is 5.56 Å². The molecule has 0 saturated heterocycles. The van der Waals surface area contributed by atoms with E-state index in [1.807, 2.05) is 18.2 Å². The number of ether oxygens (including phenoxy) is 1.